The second kappa shape index (κ2) is 7.38. The molecule has 2 heterocycles. The van der Waals surface area contributed by atoms with E-state index in [1.807, 2.05) is 17.5 Å². The van der Waals surface area contributed by atoms with Gasteiger partial charge in [-0.15, -0.1) is 11.3 Å². The van der Waals surface area contributed by atoms with Crippen LogP contribution in [0.4, 0.5) is 8.78 Å². The van der Waals surface area contributed by atoms with Gasteiger partial charge in [-0.05, 0) is 29.6 Å². The van der Waals surface area contributed by atoms with Crippen LogP contribution < -0.4 is 0 Å². The Balaban J connectivity index is 1.54. The molecule has 0 aliphatic carbocycles. The molecular formula is C17H18F2N2O2S. The number of rotatable bonds is 4. The number of amides is 1. The van der Waals surface area contributed by atoms with Gasteiger partial charge in [0.1, 0.15) is 6.10 Å². The Morgan fingerprint density at radius 3 is 2.54 bits per heavy atom. The molecule has 1 amide bonds. The number of nitrogens with zero attached hydrogens (tertiary/aromatic N) is 2. The maximum atomic E-state index is 13.3. The van der Waals surface area contributed by atoms with Crippen LogP contribution in [0.1, 0.15) is 21.3 Å². The highest BCUT2D eigenvalue weighted by atomic mass is 32.1. The Labute approximate surface area is 142 Å². The quantitative estimate of drug-likeness (QED) is 0.920. The fourth-order valence-corrected chi connectivity index (χ4v) is 3.46. The van der Waals surface area contributed by atoms with Gasteiger partial charge >= 0.3 is 0 Å². The number of aliphatic hydroxyl groups excluding tert-OH is 1. The Bertz CT molecular complexity index is 701. The van der Waals surface area contributed by atoms with Gasteiger partial charge in [0.25, 0.3) is 5.91 Å². The highest BCUT2D eigenvalue weighted by Crippen LogP contribution is 2.20. The maximum Gasteiger partial charge on any atom is 0.254 e. The van der Waals surface area contributed by atoms with Gasteiger partial charge in [-0.25, -0.2) is 8.78 Å². The predicted octanol–water partition coefficient (Wildman–Crippen LogP) is 2.52. The summed E-state index contributed by atoms with van der Waals surface area (Å²) >= 11 is 1.52. The van der Waals surface area contributed by atoms with E-state index in [-0.39, 0.29) is 11.5 Å². The summed E-state index contributed by atoms with van der Waals surface area (Å²) in [7, 11) is 0. The van der Waals surface area contributed by atoms with Crippen molar-refractivity contribution in [2.75, 3.05) is 32.7 Å². The number of carbonyl (C=O) groups is 1. The lowest BCUT2D eigenvalue weighted by atomic mass is 10.1. The molecule has 0 saturated carbocycles. The number of thiophene rings is 1. The van der Waals surface area contributed by atoms with E-state index in [1.165, 1.54) is 17.4 Å². The van der Waals surface area contributed by atoms with Crippen molar-refractivity contribution in [1.82, 2.24) is 9.80 Å². The van der Waals surface area contributed by atoms with Crippen molar-refractivity contribution in [3.05, 3.63) is 57.8 Å². The third-order valence-corrected chi connectivity index (χ3v) is 5.10. The molecule has 1 aliphatic rings. The average Bonchev–Trinajstić information content (AvgIpc) is 3.12. The standard InChI is InChI=1S/C17H18F2N2O2S/c18-13-4-3-12(10-14(13)19)17(23)21-7-5-20(6-8-21)11-15(22)16-2-1-9-24-16/h1-4,9-10,15,22H,5-8,11H2/t15-/m1/s1. The molecule has 0 unspecified atom stereocenters. The van der Waals surface area contributed by atoms with E-state index in [1.54, 1.807) is 4.90 Å². The second-order valence-electron chi connectivity index (χ2n) is 5.75. The number of carbonyl (C=O) groups excluding carboxylic acids is 1. The molecule has 0 bridgehead atoms. The Kier molecular flexibility index (Phi) is 5.23. The normalized spacial score (nSPS) is 17.0. The van der Waals surface area contributed by atoms with Gasteiger partial charge in [-0.3, -0.25) is 9.69 Å². The lowest BCUT2D eigenvalue weighted by Gasteiger charge is -2.35. The summed E-state index contributed by atoms with van der Waals surface area (Å²) in [6, 6.07) is 7.01. The summed E-state index contributed by atoms with van der Waals surface area (Å²) in [5.41, 5.74) is 0.154. The first kappa shape index (κ1) is 17.0. The summed E-state index contributed by atoms with van der Waals surface area (Å²) in [5.74, 6) is -2.27. The van der Waals surface area contributed by atoms with Crippen molar-refractivity contribution in [1.29, 1.82) is 0 Å². The maximum absolute atomic E-state index is 13.3. The third kappa shape index (κ3) is 3.80. The first-order valence-electron chi connectivity index (χ1n) is 7.73. The number of piperazine rings is 1. The number of hydrogen-bond acceptors (Lipinski definition) is 4. The summed E-state index contributed by atoms with van der Waals surface area (Å²) in [5, 5.41) is 12.1. The minimum Gasteiger partial charge on any atom is -0.386 e. The minimum absolute atomic E-state index is 0.154. The third-order valence-electron chi connectivity index (χ3n) is 4.13. The largest absolute Gasteiger partial charge is 0.386 e. The highest BCUT2D eigenvalue weighted by Gasteiger charge is 2.24. The van der Waals surface area contributed by atoms with Crippen LogP contribution in [0.2, 0.25) is 0 Å². The van der Waals surface area contributed by atoms with Crippen LogP contribution in [-0.2, 0) is 0 Å². The van der Waals surface area contributed by atoms with E-state index in [9.17, 15) is 18.7 Å². The molecule has 3 rings (SSSR count). The molecule has 1 aliphatic heterocycles. The smallest absolute Gasteiger partial charge is 0.254 e. The van der Waals surface area contributed by atoms with E-state index in [2.05, 4.69) is 4.90 Å². The van der Waals surface area contributed by atoms with E-state index in [0.717, 1.165) is 17.0 Å². The molecule has 7 heteroatoms. The molecule has 1 aromatic carbocycles. The Hall–Kier alpha value is -1.83. The van der Waals surface area contributed by atoms with Crippen molar-refractivity contribution >= 4 is 17.2 Å². The Morgan fingerprint density at radius 2 is 1.92 bits per heavy atom. The first-order valence-corrected chi connectivity index (χ1v) is 8.60. The fourth-order valence-electron chi connectivity index (χ4n) is 2.76. The van der Waals surface area contributed by atoms with Gasteiger partial charge < -0.3 is 10.0 Å². The van der Waals surface area contributed by atoms with E-state index in [4.69, 9.17) is 0 Å². The zero-order valence-electron chi connectivity index (χ0n) is 13.0. The molecule has 1 atom stereocenters. The SMILES string of the molecule is O=C(c1ccc(F)c(F)c1)N1CCN(C[C@@H](O)c2cccs2)CC1. The Morgan fingerprint density at radius 1 is 1.17 bits per heavy atom. The monoisotopic (exact) mass is 352 g/mol. The van der Waals surface area contributed by atoms with E-state index < -0.39 is 17.7 Å². The van der Waals surface area contributed by atoms with Gasteiger partial charge in [-0.2, -0.15) is 0 Å². The molecule has 1 N–H and O–H groups in total. The van der Waals surface area contributed by atoms with Gasteiger partial charge in [-0.1, -0.05) is 6.07 Å². The van der Waals surface area contributed by atoms with Crippen LogP contribution in [0.3, 0.4) is 0 Å². The zero-order valence-corrected chi connectivity index (χ0v) is 13.8. The summed E-state index contributed by atoms with van der Waals surface area (Å²) in [6.45, 7) is 2.79. The van der Waals surface area contributed by atoms with E-state index >= 15 is 0 Å². The van der Waals surface area contributed by atoms with Crippen molar-refractivity contribution in [2.45, 2.75) is 6.10 Å². The molecule has 128 valence electrons. The first-order chi connectivity index (χ1) is 11.5. The number of aliphatic hydroxyl groups is 1. The minimum atomic E-state index is -1.02. The summed E-state index contributed by atoms with van der Waals surface area (Å²) in [4.78, 5) is 17.0. The number of hydrogen-bond donors (Lipinski definition) is 1. The topological polar surface area (TPSA) is 43.8 Å². The molecule has 4 nitrogen and oxygen atoms in total. The van der Waals surface area contributed by atoms with Gasteiger partial charge in [0, 0.05) is 43.2 Å². The molecule has 0 radical (unpaired) electrons. The van der Waals surface area contributed by atoms with Gasteiger partial charge in [0.2, 0.25) is 0 Å². The van der Waals surface area contributed by atoms with Crippen molar-refractivity contribution < 1.29 is 18.7 Å². The molecular weight excluding hydrogens is 334 g/mol. The predicted molar refractivity (Wildman–Crippen MR) is 88.0 cm³/mol. The van der Waals surface area contributed by atoms with Crippen LogP contribution in [0.25, 0.3) is 0 Å². The van der Waals surface area contributed by atoms with E-state index in [0.29, 0.717) is 32.7 Å². The zero-order chi connectivity index (χ0) is 17.1. The van der Waals surface area contributed by atoms with Crippen molar-refractivity contribution in [2.24, 2.45) is 0 Å². The van der Waals surface area contributed by atoms with Crippen molar-refractivity contribution in [3.8, 4) is 0 Å². The second-order valence-corrected chi connectivity index (χ2v) is 6.73. The lowest BCUT2D eigenvalue weighted by Crippen LogP contribution is -2.49. The molecule has 0 spiro atoms. The van der Waals surface area contributed by atoms with Crippen LogP contribution >= 0.6 is 11.3 Å². The summed E-state index contributed by atoms with van der Waals surface area (Å²) in [6.07, 6.45) is -0.529. The molecule has 24 heavy (non-hydrogen) atoms. The van der Waals surface area contributed by atoms with Crippen LogP contribution in [0, 0.1) is 11.6 Å². The molecule has 1 aromatic heterocycles. The molecule has 1 saturated heterocycles. The summed E-state index contributed by atoms with van der Waals surface area (Å²) < 4.78 is 26.2. The van der Waals surface area contributed by atoms with Crippen LogP contribution in [0.5, 0.6) is 0 Å². The fraction of sp³-hybridized carbons (Fsp3) is 0.353. The van der Waals surface area contributed by atoms with Gasteiger partial charge in [0.15, 0.2) is 11.6 Å². The number of β-amino-alcohol motifs (C(OH)–C–C–N with tert-alkyl or cyclic N) is 1. The lowest BCUT2D eigenvalue weighted by molar-refractivity contribution is 0.0532. The number of benzene rings is 1. The van der Waals surface area contributed by atoms with Crippen LogP contribution in [-0.4, -0.2) is 53.5 Å². The van der Waals surface area contributed by atoms with Crippen LogP contribution in [0.15, 0.2) is 35.7 Å². The highest BCUT2D eigenvalue weighted by molar-refractivity contribution is 7.10. The number of halogens is 2. The molecule has 2 aromatic rings. The average molecular weight is 352 g/mol. The van der Waals surface area contributed by atoms with Crippen molar-refractivity contribution in [3.63, 3.8) is 0 Å². The van der Waals surface area contributed by atoms with Gasteiger partial charge in [0.05, 0.1) is 0 Å². The molecule has 1 fully saturated rings.